The van der Waals surface area contributed by atoms with Crippen molar-refractivity contribution in [1.29, 1.82) is 0 Å². The molecule has 3 aromatic rings. The number of hydrogen-bond donors (Lipinski definition) is 0. The molecule has 1 aromatic heterocycles. The predicted octanol–water partition coefficient (Wildman–Crippen LogP) is 5.09. The van der Waals surface area contributed by atoms with Gasteiger partial charge in [0.15, 0.2) is 0 Å². The predicted molar refractivity (Wildman–Crippen MR) is 138 cm³/mol. The number of rotatable bonds is 6. The molecule has 1 amide bonds. The number of piperazine rings is 1. The number of para-hydroxylation sites is 1. The number of anilines is 1. The largest absolute Gasteiger partial charge is 0.496 e. The first kappa shape index (κ1) is 24.3. The highest BCUT2D eigenvalue weighted by molar-refractivity contribution is 6.34. The Bertz CT molecular complexity index is 1160. The summed E-state index contributed by atoms with van der Waals surface area (Å²) in [6.45, 7) is 4.00. The van der Waals surface area contributed by atoms with Crippen LogP contribution in [0.1, 0.15) is 15.9 Å². The van der Waals surface area contributed by atoms with E-state index in [2.05, 4.69) is 16.8 Å². The molecule has 1 aliphatic heterocycles. The second-order valence-electron chi connectivity index (χ2n) is 8.52. The summed E-state index contributed by atoms with van der Waals surface area (Å²) >= 11 is 12.3. The van der Waals surface area contributed by atoms with Gasteiger partial charge in [-0.3, -0.25) is 4.79 Å². The number of hydrogen-bond acceptors (Lipinski definition) is 5. The van der Waals surface area contributed by atoms with Gasteiger partial charge in [0, 0.05) is 67.1 Å². The molecule has 0 radical (unpaired) electrons. The van der Waals surface area contributed by atoms with Gasteiger partial charge >= 0.3 is 0 Å². The number of halogens is 2. The van der Waals surface area contributed by atoms with E-state index in [1.54, 1.807) is 31.3 Å². The summed E-state index contributed by atoms with van der Waals surface area (Å²) in [6.07, 6.45) is 1.78. The van der Waals surface area contributed by atoms with E-state index in [1.807, 2.05) is 42.5 Å². The van der Waals surface area contributed by atoms with Crippen LogP contribution in [0, 0.1) is 0 Å². The van der Waals surface area contributed by atoms with E-state index >= 15 is 0 Å². The van der Waals surface area contributed by atoms with Gasteiger partial charge < -0.3 is 19.4 Å². The molecule has 0 bridgehead atoms. The zero-order valence-electron chi connectivity index (χ0n) is 19.6. The third kappa shape index (κ3) is 5.46. The summed E-state index contributed by atoms with van der Waals surface area (Å²) in [6, 6.07) is 14.9. The van der Waals surface area contributed by atoms with Gasteiger partial charge in [-0.1, -0.05) is 41.4 Å². The van der Waals surface area contributed by atoms with Crippen LogP contribution < -0.4 is 9.64 Å². The van der Waals surface area contributed by atoms with E-state index in [1.165, 1.54) is 0 Å². The van der Waals surface area contributed by atoms with Gasteiger partial charge in [-0.15, -0.1) is 0 Å². The lowest BCUT2D eigenvalue weighted by Crippen LogP contribution is -2.44. The average Bonchev–Trinajstić information content (AvgIpc) is 2.83. The molecule has 4 rings (SSSR count). The molecule has 178 valence electrons. The molecule has 0 spiro atoms. The van der Waals surface area contributed by atoms with E-state index in [-0.39, 0.29) is 5.91 Å². The second kappa shape index (κ2) is 10.6. The van der Waals surface area contributed by atoms with E-state index in [9.17, 15) is 4.79 Å². The van der Waals surface area contributed by atoms with Crippen molar-refractivity contribution in [3.8, 4) is 16.9 Å². The topological polar surface area (TPSA) is 48.9 Å². The van der Waals surface area contributed by atoms with Crippen molar-refractivity contribution in [2.75, 3.05) is 52.3 Å². The van der Waals surface area contributed by atoms with Crippen molar-refractivity contribution in [2.24, 2.45) is 0 Å². The molecule has 0 unspecified atom stereocenters. The number of benzene rings is 2. The van der Waals surface area contributed by atoms with Gasteiger partial charge in [0.1, 0.15) is 11.6 Å². The summed E-state index contributed by atoms with van der Waals surface area (Å²) < 4.78 is 5.58. The number of carbonyl (C=O) groups is 1. The smallest absolute Gasteiger partial charge is 0.254 e. The van der Waals surface area contributed by atoms with Gasteiger partial charge in [-0.05, 0) is 42.9 Å². The average molecular weight is 499 g/mol. The number of methoxy groups -OCH3 is 1. The lowest BCUT2D eigenvalue weighted by atomic mass is 9.99. The number of likely N-dealkylation sites (N-methyl/N-ethyl adjacent to an activating group) is 1. The minimum atomic E-state index is -0.116. The lowest BCUT2D eigenvalue weighted by molar-refractivity contribution is 0.0785. The van der Waals surface area contributed by atoms with Crippen molar-refractivity contribution in [1.82, 2.24) is 14.8 Å². The third-order valence-electron chi connectivity index (χ3n) is 6.03. The second-order valence-corrected chi connectivity index (χ2v) is 9.39. The Balaban J connectivity index is 1.72. The van der Waals surface area contributed by atoms with Gasteiger partial charge in [0.25, 0.3) is 5.91 Å². The Labute approximate surface area is 210 Å². The molecule has 0 atom stereocenters. The van der Waals surface area contributed by atoms with Crippen molar-refractivity contribution >= 4 is 34.9 Å². The molecule has 1 fully saturated rings. The SMILES string of the molecule is COc1ccccc1-c1cnc(N2CCN(C)CC2)cc1C(=O)N(C)Cc1cc(Cl)cc(Cl)c1. The van der Waals surface area contributed by atoms with E-state index in [4.69, 9.17) is 32.9 Å². The molecule has 0 saturated carbocycles. The van der Waals surface area contributed by atoms with Crippen LogP contribution in [0.3, 0.4) is 0 Å². The third-order valence-corrected chi connectivity index (χ3v) is 6.47. The maximum atomic E-state index is 13.8. The minimum absolute atomic E-state index is 0.116. The maximum Gasteiger partial charge on any atom is 0.254 e. The first-order chi connectivity index (χ1) is 16.4. The van der Waals surface area contributed by atoms with Crippen LogP contribution in [0.15, 0.2) is 54.7 Å². The number of aromatic nitrogens is 1. The molecule has 2 aromatic carbocycles. The summed E-state index contributed by atoms with van der Waals surface area (Å²) in [5.41, 5.74) is 2.99. The van der Waals surface area contributed by atoms with Gasteiger partial charge in [-0.2, -0.15) is 0 Å². The Morgan fingerprint density at radius 3 is 2.38 bits per heavy atom. The molecule has 2 heterocycles. The highest BCUT2D eigenvalue weighted by Crippen LogP contribution is 2.34. The van der Waals surface area contributed by atoms with Crippen LogP contribution in [0.2, 0.25) is 10.0 Å². The standard InChI is InChI=1S/C26H28Cl2N4O2/c1-30-8-10-32(11-9-30)25-15-22(23(16-29-25)21-6-4-5-7-24(21)34-3)26(33)31(2)17-18-12-19(27)14-20(28)13-18/h4-7,12-16H,8-11,17H2,1-3H3. The Kier molecular flexibility index (Phi) is 7.61. The monoisotopic (exact) mass is 498 g/mol. The van der Waals surface area contributed by atoms with Crippen LogP contribution in [-0.2, 0) is 6.54 Å². The Morgan fingerprint density at radius 2 is 1.71 bits per heavy atom. The summed E-state index contributed by atoms with van der Waals surface area (Å²) in [7, 11) is 5.52. The zero-order chi connectivity index (χ0) is 24.2. The lowest BCUT2D eigenvalue weighted by Gasteiger charge is -2.33. The molecule has 6 nitrogen and oxygen atoms in total. The summed E-state index contributed by atoms with van der Waals surface area (Å²) in [5, 5.41) is 1.08. The Morgan fingerprint density at radius 1 is 1.03 bits per heavy atom. The van der Waals surface area contributed by atoms with Crippen molar-refractivity contribution in [3.63, 3.8) is 0 Å². The fourth-order valence-electron chi connectivity index (χ4n) is 4.17. The fourth-order valence-corrected chi connectivity index (χ4v) is 4.74. The summed E-state index contributed by atoms with van der Waals surface area (Å²) in [4.78, 5) is 24.7. The normalized spacial score (nSPS) is 14.2. The number of amides is 1. The van der Waals surface area contributed by atoms with Crippen LogP contribution >= 0.6 is 23.2 Å². The number of ether oxygens (including phenoxy) is 1. The minimum Gasteiger partial charge on any atom is -0.496 e. The van der Waals surface area contributed by atoms with Crippen LogP contribution in [-0.4, -0.2) is 68.1 Å². The molecule has 1 aliphatic rings. The van der Waals surface area contributed by atoms with Gasteiger partial charge in [-0.25, -0.2) is 4.98 Å². The van der Waals surface area contributed by atoms with Crippen molar-refractivity contribution in [2.45, 2.75) is 6.54 Å². The van der Waals surface area contributed by atoms with Crippen molar-refractivity contribution in [3.05, 3.63) is 75.9 Å². The fraction of sp³-hybridized carbons (Fsp3) is 0.308. The quantitative estimate of drug-likeness (QED) is 0.473. The number of carbonyl (C=O) groups excluding carboxylic acids is 1. The first-order valence-electron chi connectivity index (χ1n) is 11.1. The maximum absolute atomic E-state index is 13.8. The molecule has 0 aliphatic carbocycles. The van der Waals surface area contributed by atoms with Crippen LogP contribution in [0.4, 0.5) is 5.82 Å². The van der Waals surface area contributed by atoms with E-state index < -0.39 is 0 Å². The summed E-state index contributed by atoms with van der Waals surface area (Å²) in [5.74, 6) is 1.37. The molecular formula is C26H28Cl2N4O2. The molecule has 8 heteroatoms. The Hall–Kier alpha value is -2.80. The number of pyridine rings is 1. The van der Waals surface area contributed by atoms with Crippen LogP contribution in [0.25, 0.3) is 11.1 Å². The zero-order valence-corrected chi connectivity index (χ0v) is 21.1. The van der Waals surface area contributed by atoms with Crippen molar-refractivity contribution < 1.29 is 9.53 Å². The molecule has 34 heavy (non-hydrogen) atoms. The van der Waals surface area contributed by atoms with E-state index in [0.29, 0.717) is 27.9 Å². The van der Waals surface area contributed by atoms with Gasteiger partial charge in [0.05, 0.1) is 12.7 Å². The molecule has 0 N–H and O–H groups in total. The highest BCUT2D eigenvalue weighted by Gasteiger charge is 2.23. The first-order valence-corrected chi connectivity index (χ1v) is 11.9. The van der Waals surface area contributed by atoms with Crippen LogP contribution in [0.5, 0.6) is 5.75 Å². The molecule has 1 saturated heterocycles. The molecular weight excluding hydrogens is 471 g/mol. The van der Waals surface area contributed by atoms with E-state index in [0.717, 1.165) is 48.7 Å². The van der Waals surface area contributed by atoms with Gasteiger partial charge in [0.2, 0.25) is 0 Å². The highest BCUT2D eigenvalue weighted by atomic mass is 35.5. The number of nitrogens with zero attached hydrogens (tertiary/aromatic N) is 4.